The molecule has 0 saturated heterocycles. The Hall–Kier alpha value is 0.310. The van der Waals surface area contributed by atoms with E-state index >= 15 is 0 Å². The number of rotatable bonds is 7. The lowest BCUT2D eigenvalue weighted by Crippen LogP contribution is -2.37. The Bertz CT molecular complexity index is 250. The van der Waals surface area contributed by atoms with Gasteiger partial charge in [0.05, 0.1) is 0 Å². The van der Waals surface area contributed by atoms with Crippen molar-refractivity contribution >= 4 is 11.8 Å². The van der Waals surface area contributed by atoms with Gasteiger partial charge in [-0.25, -0.2) is 0 Å². The van der Waals surface area contributed by atoms with Gasteiger partial charge in [-0.15, -0.1) is 0 Å². The molecule has 1 aliphatic carbocycles. The van der Waals surface area contributed by atoms with Gasteiger partial charge in [-0.2, -0.15) is 11.8 Å². The highest BCUT2D eigenvalue weighted by Crippen LogP contribution is 2.45. The molecule has 2 heteroatoms. The van der Waals surface area contributed by atoms with E-state index in [1.807, 2.05) is 0 Å². The highest BCUT2D eigenvalue weighted by atomic mass is 32.2. The first-order valence-electron chi connectivity index (χ1n) is 8.22. The standard InChI is InChI=1S/C17H35NS/c1-6-17(4,5)15-8-7-14(12-18)16(11-15)19-10-9-13(2)3/h13-16H,6-12,18H2,1-5H3. The quantitative estimate of drug-likeness (QED) is 0.716. The normalized spacial score (nSPS) is 28.9. The predicted molar refractivity (Wildman–Crippen MR) is 89.7 cm³/mol. The number of nitrogens with two attached hydrogens (primary N) is 1. The minimum Gasteiger partial charge on any atom is -0.330 e. The number of hydrogen-bond acceptors (Lipinski definition) is 2. The topological polar surface area (TPSA) is 26.0 Å². The Kier molecular flexibility index (Phi) is 7.24. The van der Waals surface area contributed by atoms with E-state index in [-0.39, 0.29) is 0 Å². The Morgan fingerprint density at radius 1 is 1.26 bits per heavy atom. The second kappa shape index (κ2) is 7.93. The molecular weight excluding hydrogens is 250 g/mol. The Morgan fingerprint density at radius 3 is 2.47 bits per heavy atom. The van der Waals surface area contributed by atoms with E-state index < -0.39 is 0 Å². The fourth-order valence-electron chi connectivity index (χ4n) is 3.12. The average molecular weight is 286 g/mol. The van der Waals surface area contributed by atoms with E-state index in [2.05, 4.69) is 46.4 Å². The van der Waals surface area contributed by atoms with E-state index in [4.69, 9.17) is 5.73 Å². The molecule has 0 amide bonds. The molecule has 0 aromatic carbocycles. The van der Waals surface area contributed by atoms with Gasteiger partial charge < -0.3 is 5.73 Å². The Balaban J connectivity index is 2.53. The van der Waals surface area contributed by atoms with Crippen molar-refractivity contribution in [3.05, 3.63) is 0 Å². The Labute approximate surface area is 125 Å². The van der Waals surface area contributed by atoms with Crippen molar-refractivity contribution in [2.75, 3.05) is 12.3 Å². The molecule has 1 fully saturated rings. The maximum Gasteiger partial charge on any atom is 0.00901 e. The summed E-state index contributed by atoms with van der Waals surface area (Å²) in [6.07, 6.45) is 6.79. The average Bonchev–Trinajstić information content (AvgIpc) is 2.38. The smallest absolute Gasteiger partial charge is 0.00901 e. The summed E-state index contributed by atoms with van der Waals surface area (Å²) < 4.78 is 0. The van der Waals surface area contributed by atoms with E-state index in [0.29, 0.717) is 5.41 Å². The van der Waals surface area contributed by atoms with Crippen LogP contribution >= 0.6 is 11.8 Å². The number of thioether (sulfide) groups is 1. The van der Waals surface area contributed by atoms with E-state index in [9.17, 15) is 0 Å². The third-order valence-electron chi connectivity index (χ3n) is 5.27. The zero-order valence-electron chi connectivity index (χ0n) is 13.7. The molecule has 0 aliphatic heterocycles. The molecule has 3 unspecified atom stereocenters. The van der Waals surface area contributed by atoms with Crippen LogP contribution in [0.4, 0.5) is 0 Å². The molecule has 19 heavy (non-hydrogen) atoms. The molecule has 1 aliphatic rings. The van der Waals surface area contributed by atoms with Crippen LogP contribution in [0.15, 0.2) is 0 Å². The van der Waals surface area contributed by atoms with E-state index in [1.165, 1.54) is 37.9 Å². The van der Waals surface area contributed by atoms with Gasteiger partial charge >= 0.3 is 0 Å². The van der Waals surface area contributed by atoms with Gasteiger partial charge in [-0.3, -0.25) is 0 Å². The molecule has 0 aromatic heterocycles. The first kappa shape index (κ1) is 17.4. The molecule has 114 valence electrons. The van der Waals surface area contributed by atoms with Crippen molar-refractivity contribution < 1.29 is 0 Å². The highest BCUT2D eigenvalue weighted by Gasteiger charge is 2.36. The maximum absolute atomic E-state index is 6.00. The lowest BCUT2D eigenvalue weighted by atomic mass is 9.67. The van der Waals surface area contributed by atoms with Crippen molar-refractivity contribution in [3.63, 3.8) is 0 Å². The molecule has 0 spiro atoms. The SMILES string of the molecule is CCC(C)(C)C1CCC(CN)C(SCCC(C)C)C1. The van der Waals surface area contributed by atoms with Gasteiger partial charge in [0.2, 0.25) is 0 Å². The summed E-state index contributed by atoms with van der Waals surface area (Å²) in [5.74, 6) is 3.81. The number of hydrogen-bond donors (Lipinski definition) is 1. The lowest BCUT2D eigenvalue weighted by Gasteiger charge is -2.42. The molecule has 2 N–H and O–H groups in total. The van der Waals surface area contributed by atoms with Crippen LogP contribution in [0.2, 0.25) is 0 Å². The van der Waals surface area contributed by atoms with Crippen LogP contribution in [-0.4, -0.2) is 17.5 Å². The van der Waals surface area contributed by atoms with Crippen LogP contribution in [0.1, 0.15) is 66.7 Å². The van der Waals surface area contributed by atoms with E-state index in [1.54, 1.807) is 0 Å². The summed E-state index contributed by atoms with van der Waals surface area (Å²) >= 11 is 2.21. The minimum absolute atomic E-state index is 0.510. The van der Waals surface area contributed by atoms with Crippen molar-refractivity contribution in [2.24, 2.45) is 28.9 Å². The first-order valence-corrected chi connectivity index (χ1v) is 9.27. The van der Waals surface area contributed by atoms with Crippen molar-refractivity contribution in [2.45, 2.75) is 72.0 Å². The predicted octanol–water partition coefficient (Wildman–Crippen LogP) is 4.95. The van der Waals surface area contributed by atoms with Crippen molar-refractivity contribution in [1.29, 1.82) is 0 Å². The molecule has 1 rings (SSSR count). The molecular formula is C17H35NS. The summed E-state index contributed by atoms with van der Waals surface area (Å²) in [6, 6.07) is 0. The zero-order valence-corrected chi connectivity index (χ0v) is 14.6. The summed E-state index contributed by atoms with van der Waals surface area (Å²) in [4.78, 5) is 0. The minimum atomic E-state index is 0.510. The van der Waals surface area contributed by atoms with Crippen LogP contribution in [0.3, 0.4) is 0 Å². The van der Waals surface area contributed by atoms with Crippen LogP contribution in [0.5, 0.6) is 0 Å². The van der Waals surface area contributed by atoms with E-state index in [0.717, 1.165) is 29.5 Å². The molecule has 0 bridgehead atoms. The fourth-order valence-corrected chi connectivity index (χ4v) is 4.92. The molecule has 0 aromatic rings. The Morgan fingerprint density at radius 2 is 1.95 bits per heavy atom. The van der Waals surface area contributed by atoms with Gasteiger partial charge in [-0.1, -0.05) is 41.0 Å². The summed E-state index contributed by atoms with van der Waals surface area (Å²) in [5, 5.41) is 0.813. The van der Waals surface area contributed by atoms with Gasteiger partial charge in [0.15, 0.2) is 0 Å². The van der Waals surface area contributed by atoms with Crippen molar-refractivity contribution in [3.8, 4) is 0 Å². The molecule has 0 radical (unpaired) electrons. The fraction of sp³-hybridized carbons (Fsp3) is 1.00. The second-order valence-electron chi connectivity index (χ2n) is 7.44. The summed E-state index contributed by atoms with van der Waals surface area (Å²) in [6.45, 7) is 12.8. The maximum atomic E-state index is 6.00. The van der Waals surface area contributed by atoms with Crippen LogP contribution in [0.25, 0.3) is 0 Å². The zero-order chi connectivity index (χ0) is 14.5. The first-order chi connectivity index (χ1) is 8.90. The highest BCUT2D eigenvalue weighted by molar-refractivity contribution is 7.99. The molecule has 1 nitrogen and oxygen atoms in total. The molecule has 0 heterocycles. The summed E-state index contributed by atoms with van der Waals surface area (Å²) in [7, 11) is 0. The van der Waals surface area contributed by atoms with Gasteiger partial charge in [0.1, 0.15) is 0 Å². The third-order valence-corrected chi connectivity index (χ3v) is 6.75. The molecule has 1 saturated carbocycles. The van der Waals surface area contributed by atoms with Gasteiger partial charge in [0, 0.05) is 5.25 Å². The largest absolute Gasteiger partial charge is 0.330 e. The summed E-state index contributed by atoms with van der Waals surface area (Å²) in [5.41, 5.74) is 6.51. The van der Waals surface area contributed by atoms with Crippen LogP contribution < -0.4 is 5.73 Å². The van der Waals surface area contributed by atoms with Gasteiger partial charge in [-0.05, 0) is 61.1 Å². The third kappa shape index (κ3) is 5.30. The second-order valence-corrected chi connectivity index (χ2v) is 8.79. The monoisotopic (exact) mass is 285 g/mol. The van der Waals surface area contributed by atoms with Gasteiger partial charge in [0.25, 0.3) is 0 Å². The van der Waals surface area contributed by atoms with Crippen LogP contribution in [-0.2, 0) is 0 Å². The molecule has 3 atom stereocenters. The van der Waals surface area contributed by atoms with Crippen LogP contribution in [0, 0.1) is 23.2 Å². The van der Waals surface area contributed by atoms with Crippen molar-refractivity contribution in [1.82, 2.24) is 0 Å². The lowest BCUT2D eigenvalue weighted by molar-refractivity contribution is 0.134.